The molecule has 0 saturated heterocycles. The molecule has 0 aliphatic heterocycles. The quantitative estimate of drug-likeness (QED) is 0.358. The fourth-order valence-electron chi connectivity index (χ4n) is 2.68. The molecule has 0 radical (unpaired) electrons. The summed E-state index contributed by atoms with van der Waals surface area (Å²) in [7, 11) is 0. The summed E-state index contributed by atoms with van der Waals surface area (Å²) in [5.41, 5.74) is 5.65. The summed E-state index contributed by atoms with van der Waals surface area (Å²) in [5, 5.41) is 4.48. The zero-order chi connectivity index (χ0) is 22.9. The van der Waals surface area contributed by atoms with E-state index in [4.69, 9.17) is 19.9 Å². The fourth-order valence-corrected chi connectivity index (χ4v) is 3.48. The van der Waals surface area contributed by atoms with E-state index in [2.05, 4.69) is 5.32 Å². The summed E-state index contributed by atoms with van der Waals surface area (Å²) in [6.07, 6.45) is -1.11. The highest BCUT2D eigenvalue weighted by molar-refractivity contribution is 7.14. The second-order valence-electron chi connectivity index (χ2n) is 6.57. The van der Waals surface area contributed by atoms with E-state index in [1.54, 1.807) is 29.6 Å². The van der Waals surface area contributed by atoms with Crippen molar-refractivity contribution in [3.05, 3.63) is 77.2 Å². The molecule has 0 fully saturated rings. The molecule has 1 aromatic heterocycles. The lowest BCUT2D eigenvalue weighted by atomic mass is 10.2. The average Bonchev–Trinajstić information content (AvgIpc) is 3.26. The summed E-state index contributed by atoms with van der Waals surface area (Å²) >= 11 is 1.15. The predicted molar refractivity (Wildman–Crippen MR) is 120 cm³/mol. The number of nitrogens with one attached hydrogen (secondary N) is 1. The predicted octanol–water partition coefficient (Wildman–Crippen LogP) is 3.49. The fraction of sp³-hybridized carbons (Fsp3) is 0.174. The van der Waals surface area contributed by atoms with E-state index in [1.165, 1.54) is 13.0 Å². The number of para-hydroxylation sites is 2. The molecule has 0 aliphatic rings. The number of ether oxygens (including phenoxy) is 3. The van der Waals surface area contributed by atoms with Crippen molar-refractivity contribution in [2.45, 2.75) is 13.0 Å². The van der Waals surface area contributed by atoms with Gasteiger partial charge in [-0.15, -0.1) is 11.3 Å². The van der Waals surface area contributed by atoms with E-state index in [9.17, 15) is 14.4 Å². The minimum Gasteiger partial charge on any atom is -0.490 e. The van der Waals surface area contributed by atoms with Gasteiger partial charge in [0, 0.05) is 0 Å². The first-order valence-corrected chi connectivity index (χ1v) is 10.6. The van der Waals surface area contributed by atoms with Crippen LogP contribution in [0.4, 0.5) is 5.00 Å². The number of hydrogen-bond donors (Lipinski definition) is 2. The Morgan fingerprint density at radius 2 is 1.62 bits per heavy atom. The van der Waals surface area contributed by atoms with Gasteiger partial charge in [-0.1, -0.05) is 30.3 Å². The third-order valence-electron chi connectivity index (χ3n) is 4.28. The highest BCUT2D eigenvalue weighted by Gasteiger charge is 2.23. The molecular formula is C23H22N2O6S. The Hall–Kier alpha value is -3.85. The zero-order valence-electron chi connectivity index (χ0n) is 17.3. The van der Waals surface area contributed by atoms with Crippen molar-refractivity contribution in [3.63, 3.8) is 0 Å². The van der Waals surface area contributed by atoms with Gasteiger partial charge in [-0.25, -0.2) is 4.79 Å². The lowest BCUT2D eigenvalue weighted by molar-refractivity contribution is -0.123. The van der Waals surface area contributed by atoms with Crippen molar-refractivity contribution in [1.29, 1.82) is 0 Å². The van der Waals surface area contributed by atoms with Gasteiger partial charge < -0.3 is 25.3 Å². The van der Waals surface area contributed by atoms with Crippen LogP contribution in [-0.4, -0.2) is 37.1 Å². The molecule has 0 aliphatic carbocycles. The first-order valence-electron chi connectivity index (χ1n) is 9.74. The first kappa shape index (κ1) is 22.8. The van der Waals surface area contributed by atoms with Crippen LogP contribution in [-0.2, 0) is 9.53 Å². The third kappa shape index (κ3) is 6.08. The summed E-state index contributed by atoms with van der Waals surface area (Å²) in [6.45, 7) is 1.93. The van der Waals surface area contributed by atoms with Crippen LogP contribution in [0.1, 0.15) is 27.6 Å². The van der Waals surface area contributed by atoms with Gasteiger partial charge in [0.1, 0.15) is 35.3 Å². The minimum atomic E-state index is -1.11. The maximum Gasteiger partial charge on any atom is 0.342 e. The van der Waals surface area contributed by atoms with E-state index in [0.717, 1.165) is 11.3 Å². The van der Waals surface area contributed by atoms with Crippen molar-refractivity contribution in [2.24, 2.45) is 5.73 Å². The monoisotopic (exact) mass is 454 g/mol. The van der Waals surface area contributed by atoms with Gasteiger partial charge in [0.2, 0.25) is 0 Å². The van der Waals surface area contributed by atoms with Crippen LogP contribution in [0, 0.1) is 0 Å². The Bertz CT molecular complexity index is 1080. The number of anilines is 1. The molecule has 0 bridgehead atoms. The molecule has 3 N–H and O–H groups in total. The topological polar surface area (TPSA) is 117 Å². The van der Waals surface area contributed by atoms with Crippen molar-refractivity contribution >= 4 is 34.1 Å². The van der Waals surface area contributed by atoms with E-state index in [-0.39, 0.29) is 24.3 Å². The lowest BCUT2D eigenvalue weighted by Gasteiger charge is -2.15. The Kier molecular flexibility index (Phi) is 7.82. The molecule has 0 saturated carbocycles. The number of thiophene rings is 1. The molecule has 8 nitrogen and oxygen atoms in total. The molecule has 1 atom stereocenters. The number of carbonyl (C=O) groups excluding carboxylic acids is 3. The number of carbonyl (C=O) groups is 3. The second-order valence-corrected chi connectivity index (χ2v) is 7.49. The Morgan fingerprint density at radius 1 is 0.938 bits per heavy atom. The van der Waals surface area contributed by atoms with Gasteiger partial charge in [0.15, 0.2) is 6.10 Å². The minimum absolute atomic E-state index is 0.181. The average molecular weight is 455 g/mol. The van der Waals surface area contributed by atoms with Crippen molar-refractivity contribution < 1.29 is 28.6 Å². The van der Waals surface area contributed by atoms with Crippen LogP contribution in [0.2, 0.25) is 0 Å². The summed E-state index contributed by atoms with van der Waals surface area (Å²) in [4.78, 5) is 36.4. The van der Waals surface area contributed by atoms with E-state index >= 15 is 0 Å². The molecule has 1 heterocycles. The van der Waals surface area contributed by atoms with Crippen LogP contribution in [0.25, 0.3) is 0 Å². The van der Waals surface area contributed by atoms with Crippen molar-refractivity contribution in [1.82, 2.24) is 0 Å². The summed E-state index contributed by atoms with van der Waals surface area (Å²) in [6, 6.07) is 17.4. The Labute approximate surface area is 188 Å². The standard InChI is InChI=1S/C23H22N2O6S/c1-15(21(27)25-22-18(20(24)26)11-14-32-22)31-23(28)17-9-5-6-10-19(17)30-13-12-29-16-7-3-2-4-8-16/h2-11,14-15H,12-13H2,1H3,(H2,24,26)(H,25,27). The first-order chi connectivity index (χ1) is 15.5. The summed E-state index contributed by atoms with van der Waals surface area (Å²) < 4.78 is 16.5. The lowest BCUT2D eigenvalue weighted by Crippen LogP contribution is -2.30. The zero-order valence-corrected chi connectivity index (χ0v) is 18.1. The van der Waals surface area contributed by atoms with Gasteiger partial charge in [-0.05, 0) is 42.6 Å². The van der Waals surface area contributed by atoms with Crippen LogP contribution in [0.3, 0.4) is 0 Å². The van der Waals surface area contributed by atoms with Crippen LogP contribution in [0.5, 0.6) is 11.5 Å². The largest absolute Gasteiger partial charge is 0.490 e. The maximum atomic E-state index is 12.6. The normalized spacial score (nSPS) is 11.3. The highest BCUT2D eigenvalue weighted by atomic mass is 32.1. The Balaban J connectivity index is 1.55. The van der Waals surface area contributed by atoms with Gasteiger partial charge in [-0.3, -0.25) is 9.59 Å². The number of nitrogens with two attached hydrogens (primary N) is 1. The van der Waals surface area contributed by atoms with E-state index < -0.39 is 23.9 Å². The van der Waals surface area contributed by atoms with Crippen molar-refractivity contribution in [3.8, 4) is 11.5 Å². The molecule has 32 heavy (non-hydrogen) atoms. The molecule has 2 aromatic carbocycles. The molecule has 1 unspecified atom stereocenters. The van der Waals surface area contributed by atoms with Crippen LogP contribution in [0.15, 0.2) is 66.0 Å². The number of rotatable bonds is 10. The Morgan fingerprint density at radius 3 is 2.38 bits per heavy atom. The van der Waals surface area contributed by atoms with Gasteiger partial charge >= 0.3 is 5.97 Å². The van der Waals surface area contributed by atoms with Gasteiger partial charge in [-0.2, -0.15) is 0 Å². The number of esters is 1. The van der Waals surface area contributed by atoms with E-state index in [0.29, 0.717) is 16.5 Å². The third-order valence-corrected chi connectivity index (χ3v) is 5.11. The van der Waals surface area contributed by atoms with Crippen LogP contribution < -0.4 is 20.5 Å². The van der Waals surface area contributed by atoms with Crippen molar-refractivity contribution in [2.75, 3.05) is 18.5 Å². The number of hydrogen-bond acceptors (Lipinski definition) is 7. The SMILES string of the molecule is CC(OC(=O)c1ccccc1OCCOc1ccccc1)C(=O)Nc1sccc1C(N)=O. The summed E-state index contributed by atoms with van der Waals surface area (Å²) in [5.74, 6) is -0.926. The molecule has 3 rings (SSSR count). The van der Waals surface area contributed by atoms with E-state index in [1.807, 2.05) is 30.3 Å². The second kappa shape index (κ2) is 11.0. The molecule has 9 heteroatoms. The van der Waals surface area contributed by atoms with Gasteiger partial charge in [0.25, 0.3) is 11.8 Å². The van der Waals surface area contributed by atoms with Crippen LogP contribution >= 0.6 is 11.3 Å². The molecular weight excluding hydrogens is 432 g/mol. The molecule has 0 spiro atoms. The van der Waals surface area contributed by atoms with Gasteiger partial charge in [0.05, 0.1) is 5.56 Å². The number of primary amides is 1. The maximum absolute atomic E-state index is 12.6. The number of amides is 2. The highest BCUT2D eigenvalue weighted by Crippen LogP contribution is 2.24. The molecule has 3 aromatic rings. The number of benzene rings is 2. The molecule has 2 amide bonds. The smallest absolute Gasteiger partial charge is 0.342 e. The molecule has 166 valence electrons.